The van der Waals surface area contributed by atoms with Crippen LogP contribution < -0.4 is 5.73 Å². The number of rotatable bonds is 3. The molecule has 3 nitrogen and oxygen atoms in total. The number of para-hydroxylation sites is 1. The average Bonchev–Trinajstić information content (AvgIpc) is 2.45. The molecule has 0 saturated heterocycles. The highest BCUT2D eigenvalue weighted by Gasteiger charge is 2.05. The zero-order chi connectivity index (χ0) is 13.7. The van der Waals surface area contributed by atoms with E-state index in [1.807, 2.05) is 48.5 Å². The Morgan fingerprint density at radius 1 is 1.11 bits per heavy atom. The number of hydrogen-bond acceptors (Lipinski definition) is 3. The lowest BCUT2D eigenvalue weighted by molar-refractivity contribution is 0.947. The van der Waals surface area contributed by atoms with Gasteiger partial charge in [0.05, 0.1) is 6.07 Å². The molecule has 2 aromatic rings. The quantitative estimate of drug-likeness (QED) is 0.670. The lowest BCUT2D eigenvalue weighted by atomic mass is 9.99. The molecular formula is C16H15N3. The standard InChI is InChI=1S/C16H15N3/c1-12(10-17)19-11-13-6-2-3-7-14(13)15-8-4-5-9-16(15)18/h2-9,11-12H,18H2,1H3/b19-11+. The van der Waals surface area contributed by atoms with Gasteiger partial charge >= 0.3 is 0 Å². The highest BCUT2D eigenvalue weighted by Crippen LogP contribution is 2.27. The Labute approximate surface area is 113 Å². The monoisotopic (exact) mass is 249 g/mol. The molecule has 2 aromatic carbocycles. The zero-order valence-electron chi connectivity index (χ0n) is 10.7. The van der Waals surface area contributed by atoms with Gasteiger partial charge in [-0.05, 0) is 18.6 Å². The third-order valence-electron chi connectivity index (χ3n) is 2.84. The first kappa shape index (κ1) is 12.8. The Bertz CT molecular complexity index is 638. The largest absolute Gasteiger partial charge is 0.398 e. The van der Waals surface area contributed by atoms with Crippen molar-refractivity contribution < 1.29 is 0 Å². The van der Waals surface area contributed by atoms with Crippen LogP contribution in [0.5, 0.6) is 0 Å². The van der Waals surface area contributed by atoms with Gasteiger partial charge in [-0.15, -0.1) is 0 Å². The van der Waals surface area contributed by atoms with Gasteiger partial charge in [0.1, 0.15) is 6.04 Å². The van der Waals surface area contributed by atoms with Crippen LogP contribution in [0.3, 0.4) is 0 Å². The molecule has 2 N–H and O–H groups in total. The predicted octanol–water partition coefficient (Wildman–Crippen LogP) is 3.27. The molecular weight excluding hydrogens is 234 g/mol. The molecule has 0 aliphatic carbocycles. The fraction of sp³-hybridized carbons (Fsp3) is 0.125. The van der Waals surface area contributed by atoms with E-state index in [1.54, 1.807) is 13.1 Å². The van der Waals surface area contributed by atoms with Crippen molar-refractivity contribution in [3.8, 4) is 17.2 Å². The van der Waals surface area contributed by atoms with E-state index in [9.17, 15) is 0 Å². The van der Waals surface area contributed by atoms with Gasteiger partial charge in [-0.1, -0.05) is 42.5 Å². The highest BCUT2D eigenvalue weighted by atomic mass is 14.7. The van der Waals surface area contributed by atoms with Crippen molar-refractivity contribution in [2.45, 2.75) is 13.0 Å². The van der Waals surface area contributed by atoms with Crippen LogP contribution in [0.2, 0.25) is 0 Å². The molecule has 2 rings (SSSR count). The second-order valence-electron chi connectivity index (χ2n) is 4.26. The summed E-state index contributed by atoms with van der Waals surface area (Å²) in [5.41, 5.74) is 9.70. The molecule has 0 spiro atoms. The minimum absolute atomic E-state index is 0.346. The van der Waals surface area contributed by atoms with Gasteiger partial charge in [-0.3, -0.25) is 4.99 Å². The van der Waals surface area contributed by atoms with E-state index in [0.717, 1.165) is 22.4 Å². The van der Waals surface area contributed by atoms with Crippen LogP contribution in [0.4, 0.5) is 5.69 Å². The van der Waals surface area contributed by atoms with E-state index in [4.69, 9.17) is 11.0 Å². The van der Waals surface area contributed by atoms with Crippen molar-refractivity contribution in [2.75, 3.05) is 5.73 Å². The van der Waals surface area contributed by atoms with Crippen molar-refractivity contribution >= 4 is 11.9 Å². The van der Waals surface area contributed by atoms with Gasteiger partial charge in [0.25, 0.3) is 0 Å². The van der Waals surface area contributed by atoms with E-state index >= 15 is 0 Å². The van der Waals surface area contributed by atoms with Crippen molar-refractivity contribution in [3.63, 3.8) is 0 Å². The fourth-order valence-electron chi connectivity index (χ4n) is 1.82. The summed E-state index contributed by atoms with van der Waals surface area (Å²) >= 11 is 0. The maximum atomic E-state index is 8.76. The van der Waals surface area contributed by atoms with Crippen LogP contribution in [0, 0.1) is 11.3 Å². The van der Waals surface area contributed by atoms with E-state index in [0.29, 0.717) is 0 Å². The SMILES string of the molecule is CC(C#N)/N=C/c1ccccc1-c1ccccc1N. The number of nitriles is 1. The molecule has 0 aliphatic heterocycles. The first-order chi connectivity index (χ1) is 9.22. The minimum Gasteiger partial charge on any atom is -0.398 e. The van der Waals surface area contributed by atoms with E-state index in [2.05, 4.69) is 11.1 Å². The summed E-state index contributed by atoms with van der Waals surface area (Å²) in [7, 11) is 0. The van der Waals surface area contributed by atoms with Crippen LogP contribution in [0.1, 0.15) is 12.5 Å². The second-order valence-corrected chi connectivity index (χ2v) is 4.26. The Hall–Kier alpha value is -2.60. The van der Waals surface area contributed by atoms with Crippen molar-refractivity contribution in [1.29, 1.82) is 5.26 Å². The van der Waals surface area contributed by atoms with Crippen LogP contribution in [-0.4, -0.2) is 12.3 Å². The maximum absolute atomic E-state index is 8.76. The molecule has 0 fully saturated rings. The number of hydrogen-bond donors (Lipinski definition) is 1. The van der Waals surface area contributed by atoms with Crippen LogP contribution in [-0.2, 0) is 0 Å². The van der Waals surface area contributed by atoms with Gasteiger partial charge in [-0.2, -0.15) is 5.26 Å². The smallest absolute Gasteiger partial charge is 0.133 e. The van der Waals surface area contributed by atoms with Crippen molar-refractivity contribution in [1.82, 2.24) is 0 Å². The molecule has 0 amide bonds. The summed E-state index contributed by atoms with van der Waals surface area (Å²) in [5.74, 6) is 0. The summed E-state index contributed by atoms with van der Waals surface area (Å²) in [5, 5.41) is 8.76. The highest BCUT2D eigenvalue weighted by molar-refractivity contribution is 5.93. The van der Waals surface area contributed by atoms with Crippen LogP contribution in [0.15, 0.2) is 53.5 Å². The number of nitrogens with two attached hydrogens (primary N) is 1. The Morgan fingerprint density at radius 2 is 1.74 bits per heavy atom. The molecule has 0 heterocycles. The fourth-order valence-corrected chi connectivity index (χ4v) is 1.82. The number of nitrogen functional groups attached to an aromatic ring is 1. The van der Waals surface area contributed by atoms with E-state index in [1.165, 1.54) is 0 Å². The summed E-state index contributed by atoms with van der Waals surface area (Å²) in [6.45, 7) is 1.76. The topological polar surface area (TPSA) is 62.2 Å². The van der Waals surface area contributed by atoms with Crippen LogP contribution in [0.25, 0.3) is 11.1 Å². The number of benzene rings is 2. The first-order valence-corrected chi connectivity index (χ1v) is 6.09. The minimum atomic E-state index is -0.346. The number of anilines is 1. The Kier molecular flexibility index (Phi) is 3.94. The molecule has 0 aromatic heterocycles. The lowest BCUT2D eigenvalue weighted by Gasteiger charge is -2.08. The summed E-state index contributed by atoms with van der Waals surface area (Å²) in [6.07, 6.45) is 1.73. The van der Waals surface area contributed by atoms with Gasteiger partial charge in [0, 0.05) is 23.0 Å². The zero-order valence-corrected chi connectivity index (χ0v) is 10.7. The van der Waals surface area contributed by atoms with E-state index < -0.39 is 0 Å². The second kappa shape index (κ2) is 5.83. The first-order valence-electron chi connectivity index (χ1n) is 6.09. The third-order valence-corrected chi connectivity index (χ3v) is 2.84. The molecule has 94 valence electrons. The van der Waals surface area contributed by atoms with Crippen molar-refractivity contribution in [2.24, 2.45) is 4.99 Å². The molecule has 0 bridgehead atoms. The molecule has 3 heteroatoms. The molecule has 0 saturated carbocycles. The average molecular weight is 249 g/mol. The van der Waals surface area contributed by atoms with Crippen molar-refractivity contribution in [3.05, 3.63) is 54.1 Å². The molecule has 1 unspecified atom stereocenters. The number of aliphatic imine (C=N–C) groups is 1. The molecule has 19 heavy (non-hydrogen) atoms. The summed E-state index contributed by atoms with van der Waals surface area (Å²) in [4.78, 5) is 4.20. The molecule has 0 radical (unpaired) electrons. The van der Waals surface area contributed by atoms with Gasteiger partial charge in [0.2, 0.25) is 0 Å². The number of nitrogens with zero attached hydrogens (tertiary/aromatic N) is 2. The van der Waals surface area contributed by atoms with Crippen LogP contribution >= 0.6 is 0 Å². The predicted molar refractivity (Wildman–Crippen MR) is 79.0 cm³/mol. The third kappa shape index (κ3) is 2.99. The Morgan fingerprint density at radius 3 is 2.42 bits per heavy atom. The van der Waals surface area contributed by atoms with Gasteiger partial charge in [-0.25, -0.2) is 0 Å². The lowest BCUT2D eigenvalue weighted by Crippen LogP contribution is -1.96. The summed E-state index contributed by atoms with van der Waals surface area (Å²) < 4.78 is 0. The Balaban J connectivity index is 2.46. The molecule has 0 aliphatic rings. The van der Waals surface area contributed by atoms with E-state index in [-0.39, 0.29) is 6.04 Å². The normalized spacial score (nSPS) is 12.2. The summed E-state index contributed by atoms with van der Waals surface area (Å²) in [6, 6.07) is 17.3. The molecule has 1 atom stereocenters. The van der Waals surface area contributed by atoms with Gasteiger partial charge < -0.3 is 5.73 Å². The van der Waals surface area contributed by atoms with Gasteiger partial charge in [0.15, 0.2) is 0 Å². The maximum Gasteiger partial charge on any atom is 0.133 e.